The summed E-state index contributed by atoms with van der Waals surface area (Å²) in [6, 6.07) is 0.509. The summed E-state index contributed by atoms with van der Waals surface area (Å²) in [6.45, 7) is 4.38. The minimum atomic E-state index is 0. The first-order valence-electron chi connectivity index (χ1n) is 8.63. The van der Waals surface area contributed by atoms with Gasteiger partial charge in [0.05, 0.1) is 0 Å². The van der Waals surface area contributed by atoms with Crippen LogP contribution in [0, 0.1) is 63.2 Å². The van der Waals surface area contributed by atoms with Crippen LogP contribution in [0.2, 0.25) is 0 Å². The van der Waals surface area contributed by atoms with Gasteiger partial charge in [-0.2, -0.15) is 0 Å². The van der Waals surface area contributed by atoms with E-state index in [9.17, 15) is 0 Å². The fourth-order valence-electron chi connectivity index (χ4n) is 2.45. The molecule has 0 heterocycles. The molecular formula is C20H32FeN2+2. The van der Waals surface area contributed by atoms with Gasteiger partial charge in [0, 0.05) is 12.1 Å². The average molecular weight is 356 g/mol. The Labute approximate surface area is 156 Å². The van der Waals surface area contributed by atoms with Crippen molar-refractivity contribution in [3.8, 4) is 0 Å². The Morgan fingerprint density at radius 2 is 1.00 bits per heavy atom. The molecule has 0 spiro atoms. The van der Waals surface area contributed by atoms with E-state index in [0.29, 0.717) is 0 Å². The molecule has 2 nitrogen and oxygen atoms in total. The zero-order valence-electron chi connectivity index (χ0n) is 14.5. The second-order valence-corrected chi connectivity index (χ2v) is 5.93. The summed E-state index contributed by atoms with van der Waals surface area (Å²) in [4.78, 5) is 0. The topological polar surface area (TPSA) is 52.0 Å². The van der Waals surface area contributed by atoms with E-state index in [2.05, 4.69) is 39.5 Å². The Morgan fingerprint density at radius 3 is 1.26 bits per heavy atom. The number of nitrogens with two attached hydrogens (primary N) is 2. The van der Waals surface area contributed by atoms with Gasteiger partial charge >= 0.3 is 17.1 Å². The molecule has 2 saturated carbocycles. The van der Waals surface area contributed by atoms with Crippen LogP contribution < -0.4 is 11.5 Å². The third kappa shape index (κ3) is 10.1. The Morgan fingerprint density at radius 1 is 0.696 bits per heavy atom. The minimum Gasteiger partial charge on any atom is -0.327 e. The zero-order chi connectivity index (χ0) is 16.2. The van der Waals surface area contributed by atoms with E-state index in [0.717, 1.165) is 12.8 Å². The monoisotopic (exact) mass is 356 g/mol. The van der Waals surface area contributed by atoms with Gasteiger partial charge in [-0.25, -0.2) is 0 Å². The first-order chi connectivity index (χ1) is 10.7. The largest absolute Gasteiger partial charge is 2.00 e. The predicted molar refractivity (Wildman–Crippen MR) is 95.9 cm³/mol. The summed E-state index contributed by atoms with van der Waals surface area (Å²) in [6.07, 6.45) is 23.7. The summed E-state index contributed by atoms with van der Waals surface area (Å²) in [7, 11) is 0. The van der Waals surface area contributed by atoms with Crippen molar-refractivity contribution >= 4 is 0 Å². The SMILES string of the molecule is CCCC[C@@H](N)[C]1[CH][CH][CH][CH]1.CCCC[C@@H](N)[C]1[CH][CH][CH][CH]1.[Fe+2]. The molecule has 0 aromatic rings. The van der Waals surface area contributed by atoms with E-state index in [4.69, 9.17) is 11.5 Å². The fourth-order valence-corrected chi connectivity index (χ4v) is 2.45. The minimum absolute atomic E-state index is 0. The molecule has 2 atom stereocenters. The van der Waals surface area contributed by atoms with Crippen LogP contribution in [0.4, 0.5) is 0 Å². The normalized spacial score (nSPS) is 21.4. The van der Waals surface area contributed by atoms with Gasteiger partial charge in [-0.05, 0) is 76.0 Å². The molecular weight excluding hydrogens is 324 g/mol. The Kier molecular flexibility index (Phi) is 15.0. The van der Waals surface area contributed by atoms with Gasteiger partial charge in [0.15, 0.2) is 0 Å². The molecule has 0 amide bonds. The first kappa shape index (κ1) is 23.4. The molecule has 2 aliphatic rings. The summed E-state index contributed by atoms with van der Waals surface area (Å²) in [5, 5.41) is 0. The van der Waals surface area contributed by atoms with E-state index in [1.54, 1.807) is 0 Å². The van der Waals surface area contributed by atoms with Gasteiger partial charge in [0.1, 0.15) is 0 Å². The predicted octanol–water partition coefficient (Wildman–Crippen LogP) is 3.82. The van der Waals surface area contributed by atoms with Crippen molar-refractivity contribution in [1.29, 1.82) is 0 Å². The molecule has 0 aromatic carbocycles. The zero-order valence-corrected chi connectivity index (χ0v) is 15.6. The standard InChI is InChI=1S/2C10H16N.Fe/c2*1-2-3-8-10(11)9-6-4-5-7-9;/h2*4-7,10H,2-3,8,11H2,1H3;/q;;+2/t2*10-;/m11./s1. The number of hydrogen-bond donors (Lipinski definition) is 2. The molecule has 0 bridgehead atoms. The van der Waals surface area contributed by atoms with Crippen molar-refractivity contribution in [2.45, 2.75) is 64.5 Å². The molecule has 10 radical (unpaired) electrons. The summed E-state index contributed by atoms with van der Waals surface area (Å²) in [5.41, 5.74) is 11.9. The summed E-state index contributed by atoms with van der Waals surface area (Å²) < 4.78 is 0. The van der Waals surface area contributed by atoms with Crippen molar-refractivity contribution < 1.29 is 17.1 Å². The van der Waals surface area contributed by atoms with Crippen LogP contribution in [-0.4, -0.2) is 12.1 Å². The maximum Gasteiger partial charge on any atom is 2.00 e. The van der Waals surface area contributed by atoms with Crippen molar-refractivity contribution in [2.24, 2.45) is 11.5 Å². The summed E-state index contributed by atoms with van der Waals surface area (Å²) >= 11 is 0. The maximum absolute atomic E-state index is 5.93. The first-order valence-corrected chi connectivity index (χ1v) is 8.63. The van der Waals surface area contributed by atoms with E-state index in [-0.39, 0.29) is 29.2 Å². The van der Waals surface area contributed by atoms with E-state index in [1.165, 1.54) is 37.5 Å². The number of hydrogen-bond acceptors (Lipinski definition) is 2. The van der Waals surface area contributed by atoms with Crippen LogP contribution in [0.5, 0.6) is 0 Å². The van der Waals surface area contributed by atoms with E-state index in [1.807, 2.05) is 25.7 Å². The average Bonchev–Trinajstić information content (AvgIpc) is 3.23. The van der Waals surface area contributed by atoms with E-state index < -0.39 is 0 Å². The number of rotatable bonds is 8. The van der Waals surface area contributed by atoms with Gasteiger partial charge in [-0.3, -0.25) is 0 Å². The molecule has 2 rings (SSSR count). The Balaban J connectivity index is 0.000000403. The van der Waals surface area contributed by atoms with Crippen LogP contribution in [0.3, 0.4) is 0 Å². The van der Waals surface area contributed by atoms with Gasteiger partial charge in [-0.1, -0.05) is 39.5 Å². The molecule has 0 unspecified atom stereocenters. The smallest absolute Gasteiger partial charge is 0.327 e. The van der Waals surface area contributed by atoms with E-state index >= 15 is 0 Å². The van der Waals surface area contributed by atoms with Gasteiger partial charge in [0.2, 0.25) is 0 Å². The quantitative estimate of drug-likeness (QED) is 0.650. The van der Waals surface area contributed by atoms with Gasteiger partial charge in [0.25, 0.3) is 0 Å². The molecule has 23 heavy (non-hydrogen) atoms. The molecule has 4 N–H and O–H groups in total. The molecule has 0 aromatic heterocycles. The second kappa shape index (κ2) is 14.8. The maximum atomic E-state index is 5.93. The second-order valence-electron chi connectivity index (χ2n) is 5.93. The van der Waals surface area contributed by atoms with Crippen molar-refractivity contribution in [3.05, 3.63) is 63.2 Å². The third-order valence-electron chi connectivity index (χ3n) is 3.97. The van der Waals surface area contributed by atoms with Crippen LogP contribution in [0.25, 0.3) is 0 Å². The van der Waals surface area contributed by atoms with Crippen molar-refractivity contribution in [1.82, 2.24) is 0 Å². The Hall–Kier alpha value is 0.439. The van der Waals surface area contributed by atoms with Crippen molar-refractivity contribution in [2.75, 3.05) is 0 Å². The van der Waals surface area contributed by atoms with Gasteiger partial charge in [-0.15, -0.1) is 0 Å². The van der Waals surface area contributed by atoms with Crippen LogP contribution in [-0.2, 0) is 17.1 Å². The van der Waals surface area contributed by atoms with Crippen LogP contribution >= 0.6 is 0 Å². The molecule has 0 saturated heterocycles. The van der Waals surface area contributed by atoms with Crippen LogP contribution in [0.1, 0.15) is 52.4 Å². The molecule has 2 aliphatic carbocycles. The molecule has 3 heteroatoms. The van der Waals surface area contributed by atoms with Crippen LogP contribution in [0.15, 0.2) is 0 Å². The Bertz CT molecular complexity index is 222. The molecule has 128 valence electrons. The fraction of sp³-hybridized carbons (Fsp3) is 0.500. The van der Waals surface area contributed by atoms with Crippen molar-refractivity contribution in [3.63, 3.8) is 0 Å². The molecule has 0 aliphatic heterocycles. The van der Waals surface area contributed by atoms with Gasteiger partial charge < -0.3 is 11.5 Å². The third-order valence-corrected chi connectivity index (χ3v) is 3.97. The summed E-state index contributed by atoms with van der Waals surface area (Å²) in [5.74, 6) is 2.55. The molecule has 2 fully saturated rings. The number of unbranched alkanes of at least 4 members (excludes halogenated alkanes) is 2.